The molecule has 0 aromatic heterocycles. The minimum absolute atomic E-state index is 0.0293. The van der Waals surface area contributed by atoms with Gasteiger partial charge < -0.3 is 15.1 Å². The molecule has 0 aliphatic carbocycles. The van der Waals surface area contributed by atoms with E-state index in [1.165, 1.54) is 12.8 Å². The highest BCUT2D eigenvalue weighted by Gasteiger charge is 2.25. The van der Waals surface area contributed by atoms with Gasteiger partial charge in [-0.05, 0) is 49.3 Å². The number of hydrogen-bond acceptors (Lipinski definition) is 2. The lowest BCUT2D eigenvalue weighted by Gasteiger charge is -2.22. The van der Waals surface area contributed by atoms with Crippen molar-refractivity contribution in [3.8, 4) is 0 Å². The molecule has 1 N–H and O–H groups in total. The number of nitrogens with zero attached hydrogens (tertiary/aromatic N) is 3. The van der Waals surface area contributed by atoms with Crippen LogP contribution >= 0.6 is 0 Å². The van der Waals surface area contributed by atoms with E-state index in [4.69, 9.17) is 4.99 Å². The number of carbonyl (C=O) groups is 1. The average Bonchev–Trinajstić information content (AvgIpc) is 3.05. The molecule has 5 nitrogen and oxygen atoms in total. The average molecular weight is 359 g/mol. The lowest BCUT2D eigenvalue weighted by molar-refractivity contribution is 0.0827. The first-order valence-corrected chi connectivity index (χ1v) is 9.74. The van der Waals surface area contributed by atoms with Gasteiger partial charge in [-0.1, -0.05) is 26.0 Å². The van der Waals surface area contributed by atoms with Crippen molar-refractivity contribution in [2.45, 2.75) is 40.2 Å². The third-order valence-electron chi connectivity index (χ3n) is 4.74. The normalized spacial score (nSPS) is 17.7. The van der Waals surface area contributed by atoms with Crippen molar-refractivity contribution in [2.75, 3.05) is 33.7 Å². The summed E-state index contributed by atoms with van der Waals surface area (Å²) in [6.07, 6.45) is 2.54. The number of carbonyl (C=O) groups excluding carboxylic acids is 1. The van der Waals surface area contributed by atoms with E-state index in [-0.39, 0.29) is 5.91 Å². The number of hydrogen-bond donors (Lipinski definition) is 1. The third kappa shape index (κ3) is 5.75. The third-order valence-corrected chi connectivity index (χ3v) is 4.74. The molecule has 1 aromatic carbocycles. The second-order valence-corrected chi connectivity index (χ2v) is 7.80. The summed E-state index contributed by atoms with van der Waals surface area (Å²) >= 11 is 0. The van der Waals surface area contributed by atoms with Gasteiger partial charge in [0.05, 0.1) is 6.54 Å². The largest absolute Gasteiger partial charge is 0.357 e. The van der Waals surface area contributed by atoms with Gasteiger partial charge in [-0.2, -0.15) is 0 Å². The number of rotatable bonds is 6. The summed E-state index contributed by atoms with van der Waals surface area (Å²) in [5, 5.41) is 3.43. The lowest BCUT2D eigenvalue weighted by Crippen LogP contribution is -2.40. The minimum Gasteiger partial charge on any atom is -0.357 e. The molecule has 0 bridgehead atoms. The lowest BCUT2D eigenvalue weighted by atomic mass is 9.97. The zero-order valence-corrected chi connectivity index (χ0v) is 17.0. The highest BCUT2D eigenvalue weighted by molar-refractivity contribution is 5.93. The summed E-state index contributed by atoms with van der Waals surface area (Å²) in [6.45, 7) is 10.4. The maximum atomic E-state index is 12.0. The number of aliphatic imine (C=N–C) groups is 1. The Morgan fingerprint density at radius 3 is 2.58 bits per heavy atom. The Labute approximate surface area is 158 Å². The van der Waals surface area contributed by atoms with E-state index in [2.05, 4.69) is 31.0 Å². The molecule has 1 saturated heterocycles. The number of amides is 1. The second-order valence-electron chi connectivity index (χ2n) is 7.80. The van der Waals surface area contributed by atoms with Crippen molar-refractivity contribution >= 4 is 11.9 Å². The van der Waals surface area contributed by atoms with Crippen molar-refractivity contribution in [1.29, 1.82) is 0 Å². The van der Waals surface area contributed by atoms with Crippen molar-refractivity contribution in [2.24, 2.45) is 16.8 Å². The van der Waals surface area contributed by atoms with Crippen LogP contribution in [0.5, 0.6) is 0 Å². The molecule has 1 aliphatic heterocycles. The van der Waals surface area contributed by atoms with Crippen molar-refractivity contribution in [1.82, 2.24) is 15.1 Å². The van der Waals surface area contributed by atoms with Gasteiger partial charge in [0, 0.05) is 39.3 Å². The Balaban J connectivity index is 1.99. The molecular formula is C21H34N4O. The van der Waals surface area contributed by atoms with E-state index in [0.29, 0.717) is 12.1 Å². The van der Waals surface area contributed by atoms with Crippen LogP contribution in [0.1, 0.15) is 49.5 Å². The Bertz CT molecular complexity index is 607. The molecule has 0 spiro atoms. The molecule has 0 radical (unpaired) electrons. The molecule has 1 amide bonds. The standard InChI is InChI=1S/C21H34N4O/c1-6-22-21(25-12-11-18(15-25)13-16(2)3)23-14-17-7-9-19(10-8-17)20(26)24(4)5/h7-10,16,18H,6,11-15H2,1-5H3,(H,22,23). The molecule has 26 heavy (non-hydrogen) atoms. The topological polar surface area (TPSA) is 47.9 Å². The highest BCUT2D eigenvalue weighted by Crippen LogP contribution is 2.23. The quantitative estimate of drug-likeness (QED) is 0.627. The van der Waals surface area contributed by atoms with E-state index in [9.17, 15) is 4.79 Å². The molecule has 1 aliphatic rings. The summed E-state index contributed by atoms with van der Waals surface area (Å²) in [4.78, 5) is 20.8. The van der Waals surface area contributed by atoms with Crippen LogP contribution in [-0.4, -0.2) is 55.4 Å². The van der Waals surface area contributed by atoms with E-state index < -0.39 is 0 Å². The first-order chi connectivity index (χ1) is 12.4. The zero-order chi connectivity index (χ0) is 19.1. The van der Waals surface area contributed by atoms with Crippen LogP contribution in [0.4, 0.5) is 0 Å². The molecule has 5 heteroatoms. The maximum Gasteiger partial charge on any atom is 0.253 e. The fraction of sp³-hybridized carbons (Fsp3) is 0.619. The Morgan fingerprint density at radius 1 is 1.31 bits per heavy atom. The molecule has 1 unspecified atom stereocenters. The first kappa shape index (κ1) is 20.3. The van der Waals surface area contributed by atoms with Gasteiger partial charge in [0.1, 0.15) is 0 Å². The fourth-order valence-corrected chi connectivity index (χ4v) is 3.49. The monoisotopic (exact) mass is 358 g/mol. The van der Waals surface area contributed by atoms with Crippen molar-refractivity contribution in [3.63, 3.8) is 0 Å². The van der Waals surface area contributed by atoms with E-state index >= 15 is 0 Å². The van der Waals surface area contributed by atoms with E-state index in [1.54, 1.807) is 19.0 Å². The van der Waals surface area contributed by atoms with Gasteiger partial charge >= 0.3 is 0 Å². The van der Waals surface area contributed by atoms with Crippen LogP contribution in [0, 0.1) is 11.8 Å². The summed E-state index contributed by atoms with van der Waals surface area (Å²) in [5.41, 5.74) is 1.83. The molecule has 1 aromatic rings. The number of likely N-dealkylation sites (tertiary alicyclic amines) is 1. The Morgan fingerprint density at radius 2 is 2.00 bits per heavy atom. The van der Waals surface area contributed by atoms with Gasteiger partial charge in [-0.15, -0.1) is 0 Å². The van der Waals surface area contributed by atoms with Gasteiger partial charge in [0.2, 0.25) is 0 Å². The van der Waals surface area contributed by atoms with Crippen LogP contribution < -0.4 is 5.32 Å². The summed E-state index contributed by atoms with van der Waals surface area (Å²) < 4.78 is 0. The summed E-state index contributed by atoms with van der Waals surface area (Å²) in [7, 11) is 3.54. The molecule has 1 atom stereocenters. The molecule has 0 saturated carbocycles. The van der Waals surface area contributed by atoms with E-state index in [0.717, 1.165) is 43.0 Å². The smallest absolute Gasteiger partial charge is 0.253 e. The zero-order valence-electron chi connectivity index (χ0n) is 17.0. The van der Waals surface area contributed by atoms with Crippen LogP contribution in [0.15, 0.2) is 29.3 Å². The van der Waals surface area contributed by atoms with Crippen LogP contribution in [0.2, 0.25) is 0 Å². The molecule has 144 valence electrons. The minimum atomic E-state index is 0.0293. The number of benzene rings is 1. The van der Waals surface area contributed by atoms with Gasteiger partial charge in [-0.3, -0.25) is 4.79 Å². The molecule has 1 heterocycles. The van der Waals surface area contributed by atoms with E-state index in [1.807, 2.05) is 24.3 Å². The Kier molecular flexibility index (Phi) is 7.49. The number of guanidine groups is 1. The molecular weight excluding hydrogens is 324 g/mol. The fourth-order valence-electron chi connectivity index (χ4n) is 3.49. The predicted molar refractivity (Wildman–Crippen MR) is 108 cm³/mol. The van der Waals surface area contributed by atoms with Crippen molar-refractivity contribution in [3.05, 3.63) is 35.4 Å². The maximum absolute atomic E-state index is 12.0. The van der Waals surface area contributed by atoms with Gasteiger partial charge in [0.25, 0.3) is 5.91 Å². The molecule has 1 fully saturated rings. The van der Waals surface area contributed by atoms with Crippen molar-refractivity contribution < 1.29 is 4.79 Å². The SMILES string of the molecule is CCNC(=NCc1ccc(C(=O)N(C)C)cc1)N1CCC(CC(C)C)C1. The summed E-state index contributed by atoms with van der Waals surface area (Å²) in [6, 6.07) is 7.76. The van der Waals surface area contributed by atoms with Crippen LogP contribution in [0.3, 0.4) is 0 Å². The van der Waals surface area contributed by atoms with Gasteiger partial charge in [-0.25, -0.2) is 4.99 Å². The first-order valence-electron chi connectivity index (χ1n) is 9.74. The second kappa shape index (κ2) is 9.60. The summed E-state index contributed by atoms with van der Waals surface area (Å²) in [5.74, 6) is 2.56. The predicted octanol–water partition coefficient (Wildman–Crippen LogP) is 3.22. The number of nitrogens with one attached hydrogen (secondary N) is 1. The molecule has 2 rings (SSSR count). The van der Waals surface area contributed by atoms with Crippen LogP contribution in [-0.2, 0) is 6.54 Å². The van der Waals surface area contributed by atoms with Gasteiger partial charge in [0.15, 0.2) is 5.96 Å². The van der Waals surface area contributed by atoms with Crippen LogP contribution in [0.25, 0.3) is 0 Å². The Hall–Kier alpha value is -2.04. The highest BCUT2D eigenvalue weighted by atomic mass is 16.2.